The summed E-state index contributed by atoms with van der Waals surface area (Å²) in [5.74, 6) is 0.552. The van der Waals surface area contributed by atoms with E-state index in [4.69, 9.17) is 19.1 Å². The zero-order valence-electron chi connectivity index (χ0n) is 23.6. The number of phenols is 1. The fourth-order valence-electron chi connectivity index (χ4n) is 7.82. The van der Waals surface area contributed by atoms with Crippen molar-refractivity contribution >= 4 is 27.8 Å². The number of fused-ring (bicyclic) bond motifs is 5. The summed E-state index contributed by atoms with van der Waals surface area (Å²) in [6, 6.07) is 7.15. The quantitative estimate of drug-likeness (QED) is 0.337. The Morgan fingerprint density at radius 1 is 1.14 bits per heavy atom. The van der Waals surface area contributed by atoms with E-state index < -0.39 is 6.17 Å². The second-order valence-corrected chi connectivity index (χ2v) is 12.4. The Labute approximate surface area is 241 Å². The van der Waals surface area contributed by atoms with E-state index >= 15 is 0 Å². The maximum atomic E-state index is 14.9. The summed E-state index contributed by atoms with van der Waals surface area (Å²) in [7, 11) is 0. The van der Waals surface area contributed by atoms with Gasteiger partial charge < -0.3 is 24.5 Å². The molecule has 220 valence electrons. The number of aromatic nitrogens is 3. The summed E-state index contributed by atoms with van der Waals surface area (Å²) >= 11 is 0. The molecule has 11 heteroatoms. The van der Waals surface area contributed by atoms with Gasteiger partial charge in [0, 0.05) is 49.1 Å². The van der Waals surface area contributed by atoms with Gasteiger partial charge in [-0.1, -0.05) is 13.0 Å². The summed E-state index contributed by atoms with van der Waals surface area (Å²) in [5.41, 5.74) is 1.45. The number of anilines is 1. The molecule has 6 heterocycles. The van der Waals surface area contributed by atoms with Gasteiger partial charge in [-0.15, -0.1) is 0 Å². The number of phenolic OH excluding ortho intramolecular Hbond substituents is 1. The van der Waals surface area contributed by atoms with Crippen molar-refractivity contribution < 1.29 is 23.0 Å². The van der Waals surface area contributed by atoms with E-state index in [1.54, 1.807) is 18.2 Å². The van der Waals surface area contributed by atoms with E-state index in [-0.39, 0.29) is 29.0 Å². The molecular weight excluding hydrogens is 542 g/mol. The molecule has 9 nitrogen and oxygen atoms in total. The molecule has 2 N–H and O–H groups in total. The maximum absolute atomic E-state index is 14.9. The molecule has 8 rings (SSSR count). The average molecular weight is 577 g/mol. The summed E-state index contributed by atoms with van der Waals surface area (Å²) in [4.78, 5) is 18.7. The highest BCUT2D eigenvalue weighted by atomic mass is 19.1. The zero-order valence-corrected chi connectivity index (χ0v) is 23.6. The molecule has 0 radical (unpaired) electrons. The van der Waals surface area contributed by atoms with Crippen LogP contribution >= 0.6 is 0 Å². The molecule has 0 aliphatic carbocycles. The highest BCUT2D eigenvalue weighted by molar-refractivity contribution is 5.99. The van der Waals surface area contributed by atoms with Gasteiger partial charge in [0.2, 0.25) is 17.1 Å². The van der Waals surface area contributed by atoms with E-state index in [0.717, 1.165) is 45.3 Å². The predicted molar refractivity (Wildman–Crippen MR) is 154 cm³/mol. The molecule has 4 aliphatic heterocycles. The normalized spacial score (nSPS) is 27.4. The van der Waals surface area contributed by atoms with Crippen molar-refractivity contribution in [3.63, 3.8) is 0 Å². The summed E-state index contributed by atoms with van der Waals surface area (Å²) in [5, 5.41) is 15.6. The first kappa shape index (κ1) is 26.1. The summed E-state index contributed by atoms with van der Waals surface area (Å²) < 4.78 is 42.0. The Morgan fingerprint density at radius 2 is 1.98 bits per heavy atom. The molecular formula is C31H34F2N6O3. The van der Waals surface area contributed by atoms with Crippen LogP contribution in [0.2, 0.25) is 0 Å². The third-order valence-corrected chi connectivity index (χ3v) is 9.70. The number of nitrogens with one attached hydrogen (secondary N) is 1. The lowest BCUT2D eigenvalue weighted by Gasteiger charge is -2.33. The van der Waals surface area contributed by atoms with Crippen LogP contribution < -0.4 is 15.0 Å². The first-order valence-corrected chi connectivity index (χ1v) is 15.0. The monoisotopic (exact) mass is 576 g/mol. The molecule has 2 aromatic carbocycles. The molecule has 2 aromatic heterocycles. The molecule has 4 atom stereocenters. The second kappa shape index (κ2) is 9.74. The highest BCUT2D eigenvalue weighted by Gasteiger charge is 2.49. The van der Waals surface area contributed by atoms with Gasteiger partial charge in [-0.25, -0.2) is 8.78 Å². The van der Waals surface area contributed by atoms with Crippen molar-refractivity contribution in [2.75, 3.05) is 37.7 Å². The topological polar surface area (TPSA) is 99.8 Å². The predicted octanol–water partition coefficient (Wildman–Crippen LogP) is 4.74. The van der Waals surface area contributed by atoms with E-state index in [1.165, 1.54) is 6.07 Å². The third kappa shape index (κ3) is 4.19. The van der Waals surface area contributed by atoms with Gasteiger partial charge in [-0.05, 0) is 67.8 Å². The molecule has 0 spiro atoms. The molecule has 2 bridgehead atoms. The van der Waals surface area contributed by atoms with Gasteiger partial charge >= 0.3 is 6.01 Å². The van der Waals surface area contributed by atoms with Crippen LogP contribution in [-0.4, -0.2) is 81.5 Å². The third-order valence-electron chi connectivity index (χ3n) is 9.70. The van der Waals surface area contributed by atoms with Crippen LogP contribution in [0.5, 0.6) is 11.8 Å². The smallest absolute Gasteiger partial charge is 0.320 e. The first-order chi connectivity index (χ1) is 20.4. The van der Waals surface area contributed by atoms with E-state index in [2.05, 4.69) is 20.1 Å². The number of halogens is 2. The van der Waals surface area contributed by atoms with Crippen LogP contribution in [0, 0.1) is 5.82 Å². The molecule has 0 saturated carbocycles. The molecule has 4 fully saturated rings. The number of alkyl halides is 1. The SMILES string of the molecule is CCc1c(F)ccc2cc(O)cc(-c3nc4nc(OC[C@@]56CCCN5C[C@H](F)C6)nc(N5CC6CCC(C5)N6)c4o3)c12. The van der Waals surface area contributed by atoms with Crippen molar-refractivity contribution in [3.05, 3.63) is 35.6 Å². The van der Waals surface area contributed by atoms with Crippen molar-refractivity contribution in [1.82, 2.24) is 25.2 Å². The summed E-state index contributed by atoms with van der Waals surface area (Å²) in [6.45, 7) is 5.06. The second-order valence-electron chi connectivity index (χ2n) is 12.4. The lowest BCUT2D eigenvalue weighted by molar-refractivity contribution is 0.107. The van der Waals surface area contributed by atoms with Crippen molar-refractivity contribution in [3.8, 4) is 23.2 Å². The van der Waals surface area contributed by atoms with Gasteiger partial charge in [-0.2, -0.15) is 15.0 Å². The van der Waals surface area contributed by atoms with E-state index in [9.17, 15) is 13.9 Å². The van der Waals surface area contributed by atoms with Gasteiger partial charge in [0.15, 0.2) is 5.82 Å². The first-order valence-electron chi connectivity index (χ1n) is 15.0. The van der Waals surface area contributed by atoms with Gasteiger partial charge in [0.25, 0.3) is 0 Å². The lowest BCUT2D eigenvalue weighted by Crippen LogP contribution is -2.51. The molecule has 2 unspecified atom stereocenters. The van der Waals surface area contributed by atoms with Gasteiger partial charge in [0.1, 0.15) is 24.3 Å². The fourth-order valence-corrected chi connectivity index (χ4v) is 7.82. The zero-order chi connectivity index (χ0) is 28.6. The standard InChI is InChI=1S/C31H34F2N6O3/c1-2-22-24(33)7-4-17-10-21(40)11-23(25(17)22)29-35-27-26(42-29)28(38-14-19-5-6-20(15-38)34-19)37-30(36-27)41-16-31-8-3-9-39(31)13-18(32)12-31/h4,7,10-11,18-20,34,40H,2-3,5-6,8-9,12-16H2,1H3/t18-,19?,20?,31+/m1/s1. The minimum Gasteiger partial charge on any atom is -0.508 e. The minimum atomic E-state index is -0.850. The van der Waals surface area contributed by atoms with Crippen LogP contribution in [0.15, 0.2) is 28.7 Å². The number of hydrogen-bond donors (Lipinski definition) is 2. The Morgan fingerprint density at radius 3 is 2.79 bits per heavy atom. The Kier molecular flexibility index (Phi) is 6.05. The van der Waals surface area contributed by atoms with Crippen LogP contribution in [0.3, 0.4) is 0 Å². The van der Waals surface area contributed by atoms with Crippen molar-refractivity contribution in [2.45, 2.75) is 69.2 Å². The van der Waals surface area contributed by atoms with Crippen molar-refractivity contribution in [1.29, 1.82) is 0 Å². The number of nitrogens with zero attached hydrogens (tertiary/aromatic N) is 5. The number of rotatable bonds is 6. The van der Waals surface area contributed by atoms with Crippen LogP contribution in [0.1, 0.15) is 44.6 Å². The molecule has 4 aliphatic rings. The Hall–Kier alpha value is -3.57. The van der Waals surface area contributed by atoms with Crippen LogP contribution in [0.25, 0.3) is 33.5 Å². The number of aromatic hydroxyl groups is 1. The fraction of sp³-hybridized carbons (Fsp3) is 0.516. The number of benzene rings is 2. The average Bonchev–Trinajstić information content (AvgIpc) is 3.73. The largest absolute Gasteiger partial charge is 0.508 e. The molecule has 4 saturated heterocycles. The Balaban J connectivity index is 1.24. The number of piperazine rings is 1. The van der Waals surface area contributed by atoms with Crippen LogP contribution in [0.4, 0.5) is 14.6 Å². The van der Waals surface area contributed by atoms with Gasteiger partial charge in [0.05, 0.1) is 5.54 Å². The lowest BCUT2D eigenvalue weighted by atomic mass is 9.95. The van der Waals surface area contributed by atoms with Crippen molar-refractivity contribution in [2.24, 2.45) is 0 Å². The number of aryl methyl sites for hydroxylation is 1. The molecule has 4 aromatic rings. The molecule has 42 heavy (non-hydrogen) atoms. The van der Waals surface area contributed by atoms with Crippen LogP contribution in [-0.2, 0) is 6.42 Å². The summed E-state index contributed by atoms with van der Waals surface area (Å²) in [6.07, 6.45) is 4.18. The van der Waals surface area contributed by atoms with E-state index in [0.29, 0.717) is 77.0 Å². The number of ether oxygens (including phenoxy) is 1. The Bertz CT molecular complexity index is 1680. The minimum absolute atomic E-state index is 0.0329. The van der Waals surface area contributed by atoms with Gasteiger partial charge in [-0.3, -0.25) is 4.90 Å². The number of hydrogen-bond acceptors (Lipinski definition) is 9. The van der Waals surface area contributed by atoms with E-state index in [1.807, 2.05) is 6.92 Å². The highest BCUT2D eigenvalue weighted by Crippen LogP contribution is 2.42. The molecule has 0 amide bonds. The number of oxazole rings is 1. The maximum Gasteiger partial charge on any atom is 0.320 e.